The molecule has 0 N–H and O–H groups in total. The summed E-state index contributed by atoms with van der Waals surface area (Å²) in [5.74, 6) is 0.536. The van der Waals surface area contributed by atoms with Crippen molar-refractivity contribution in [2.45, 2.75) is 27.3 Å². The molecule has 1 aromatic heterocycles. The molecular formula is C13H18N4OS. The average Bonchev–Trinajstić information content (AvgIpc) is 2.86. The van der Waals surface area contributed by atoms with E-state index in [1.165, 1.54) is 11.8 Å². The maximum atomic E-state index is 11.8. The van der Waals surface area contributed by atoms with Crippen molar-refractivity contribution in [3.8, 4) is 0 Å². The molecule has 1 fully saturated rings. The molecule has 0 bridgehead atoms. The number of aromatic nitrogens is 2. The first-order valence-electron chi connectivity index (χ1n) is 6.25. The molecule has 2 rings (SSSR count). The summed E-state index contributed by atoms with van der Waals surface area (Å²) >= 11 is 1.47. The van der Waals surface area contributed by atoms with E-state index < -0.39 is 0 Å². The highest BCUT2D eigenvalue weighted by molar-refractivity contribution is 8.15. The molecule has 1 amide bonds. The molecule has 19 heavy (non-hydrogen) atoms. The van der Waals surface area contributed by atoms with Gasteiger partial charge in [0.2, 0.25) is 5.91 Å². The average molecular weight is 278 g/mol. The Hall–Kier alpha value is -1.56. The number of amides is 1. The van der Waals surface area contributed by atoms with E-state index in [1.54, 1.807) is 11.0 Å². The van der Waals surface area contributed by atoms with Crippen LogP contribution in [0.5, 0.6) is 0 Å². The van der Waals surface area contributed by atoms with Crippen LogP contribution < -0.4 is 0 Å². The number of amidine groups is 1. The van der Waals surface area contributed by atoms with Crippen LogP contribution in [0.2, 0.25) is 0 Å². The lowest BCUT2D eigenvalue weighted by molar-refractivity contribution is -0.123. The highest BCUT2D eigenvalue weighted by atomic mass is 32.2. The maximum Gasteiger partial charge on any atom is 0.239 e. The Kier molecular flexibility index (Phi) is 4.09. The zero-order valence-corrected chi connectivity index (χ0v) is 12.3. The Morgan fingerprint density at radius 1 is 1.53 bits per heavy atom. The van der Waals surface area contributed by atoms with Crippen LogP contribution in [0.15, 0.2) is 17.6 Å². The summed E-state index contributed by atoms with van der Waals surface area (Å²) in [6, 6.07) is 0. The Morgan fingerprint density at radius 3 is 2.84 bits per heavy atom. The standard InChI is InChI=1S/C13H18N4OS/c1-5-7-16-11(18)8-19-13(16)14-12-9(3)15-17(6-2)10(12)4/h5H,1,6-8H2,2-4H3. The third kappa shape index (κ3) is 2.58. The number of carbonyl (C=O) groups is 1. The smallest absolute Gasteiger partial charge is 0.239 e. The van der Waals surface area contributed by atoms with Crippen molar-refractivity contribution >= 4 is 28.5 Å². The predicted molar refractivity (Wildman–Crippen MR) is 78.8 cm³/mol. The monoisotopic (exact) mass is 278 g/mol. The molecule has 0 aliphatic carbocycles. The molecule has 0 radical (unpaired) electrons. The molecule has 0 saturated carbocycles. The van der Waals surface area contributed by atoms with E-state index in [0.29, 0.717) is 12.3 Å². The fourth-order valence-corrected chi connectivity index (χ4v) is 2.94. The molecular weight excluding hydrogens is 260 g/mol. The number of aliphatic imine (C=N–C) groups is 1. The molecule has 0 atom stereocenters. The van der Waals surface area contributed by atoms with Crippen LogP contribution in [0.3, 0.4) is 0 Å². The molecule has 1 aliphatic heterocycles. The van der Waals surface area contributed by atoms with Gasteiger partial charge in [0, 0.05) is 13.1 Å². The van der Waals surface area contributed by atoms with Crippen LogP contribution in [-0.2, 0) is 11.3 Å². The second-order valence-electron chi connectivity index (χ2n) is 4.31. The van der Waals surface area contributed by atoms with Gasteiger partial charge in [0.15, 0.2) is 5.17 Å². The van der Waals surface area contributed by atoms with Crippen LogP contribution in [0, 0.1) is 13.8 Å². The van der Waals surface area contributed by atoms with Gasteiger partial charge in [0.05, 0.1) is 17.1 Å². The summed E-state index contributed by atoms with van der Waals surface area (Å²) in [6.07, 6.45) is 1.72. The lowest BCUT2D eigenvalue weighted by atomic mass is 10.3. The Morgan fingerprint density at radius 2 is 2.26 bits per heavy atom. The summed E-state index contributed by atoms with van der Waals surface area (Å²) in [7, 11) is 0. The van der Waals surface area contributed by atoms with Gasteiger partial charge in [-0.05, 0) is 20.8 Å². The number of hydrogen-bond acceptors (Lipinski definition) is 4. The van der Waals surface area contributed by atoms with E-state index in [2.05, 4.69) is 16.7 Å². The van der Waals surface area contributed by atoms with Crippen LogP contribution in [0.25, 0.3) is 0 Å². The summed E-state index contributed by atoms with van der Waals surface area (Å²) in [5.41, 5.74) is 2.80. The van der Waals surface area contributed by atoms with Gasteiger partial charge in [0.25, 0.3) is 0 Å². The van der Waals surface area contributed by atoms with Crippen molar-refractivity contribution in [1.29, 1.82) is 0 Å². The zero-order valence-electron chi connectivity index (χ0n) is 11.5. The van der Waals surface area contributed by atoms with Gasteiger partial charge in [-0.25, -0.2) is 4.99 Å². The van der Waals surface area contributed by atoms with Crippen LogP contribution in [0.1, 0.15) is 18.3 Å². The molecule has 1 saturated heterocycles. The Labute approximate surface area is 117 Å². The predicted octanol–water partition coefficient (Wildman–Crippen LogP) is 2.27. The third-order valence-corrected chi connectivity index (χ3v) is 3.98. The quantitative estimate of drug-likeness (QED) is 0.794. The SMILES string of the molecule is C=CCN1C(=O)CSC1=Nc1c(C)nn(CC)c1C. The highest BCUT2D eigenvalue weighted by Gasteiger charge is 2.27. The first-order valence-corrected chi connectivity index (χ1v) is 7.23. The van der Waals surface area contributed by atoms with Gasteiger partial charge in [-0.2, -0.15) is 5.10 Å². The molecule has 0 unspecified atom stereocenters. The Balaban J connectivity index is 2.38. The molecule has 0 aromatic carbocycles. The minimum absolute atomic E-state index is 0.0850. The normalized spacial score (nSPS) is 17.5. The first-order chi connectivity index (χ1) is 9.08. The van der Waals surface area contributed by atoms with Crippen molar-refractivity contribution in [3.05, 3.63) is 24.0 Å². The number of carbonyl (C=O) groups excluding carboxylic acids is 1. The van der Waals surface area contributed by atoms with Gasteiger partial charge >= 0.3 is 0 Å². The topological polar surface area (TPSA) is 50.5 Å². The van der Waals surface area contributed by atoms with E-state index >= 15 is 0 Å². The summed E-state index contributed by atoms with van der Waals surface area (Å²) < 4.78 is 1.92. The molecule has 1 aliphatic rings. The van der Waals surface area contributed by atoms with Crippen molar-refractivity contribution < 1.29 is 4.79 Å². The van der Waals surface area contributed by atoms with Crippen LogP contribution in [-0.4, -0.2) is 38.1 Å². The van der Waals surface area contributed by atoms with Gasteiger partial charge in [0.1, 0.15) is 5.69 Å². The fourth-order valence-electron chi connectivity index (χ4n) is 2.04. The fraction of sp³-hybridized carbons (Fsp3) is 0.462. The summed E-state index contributed by atoms with van der Waals surface area (Å²) in [6.45, 7) is 11.0. The van der Waals surface area contributed by atoms with Crippen molar-refractivity contribution in [2.24, 2.45) is 4.99 Å². The Bertz CT molecular complexity index is 547. The minimum atomic E-state index is 0.0850. The number of aryl methyl sites for hydroxylation is 2. The van der Waals surface area contributed by atoms with Gasteiger partial charge in [-0.15, -0.1) is 6.58 Å². The highest BCUT2D eigenvalue weighted by Crippen LogP contribution is 2.28. The molecule has 1 aromatic rings. The van der Waals surface area contributed by atoms with E-state index in [4.69, 9.17) is 0 Å². The molecule has 5 nitrogen and oxygen atoms in total. The molecule has 6 heteroatoms. The third-order valence-electron chi connectivity index (χ3n) is 3.02. The van der Waals surface area contributed by atoms with Crippen molar-refractivity contribution in [3.63, 3.8) is 0 Å². The number of nitrogens with zero attached hydrogens (tertiary/aromatic N) is 4. The maximum absolute atomic E-state index is 11.8. The van der Waals surface area contributed by atoms with E-state index in [1.807, 2.05) is 25.5 Å². The molecule has 102 valence electrons. The summed E-state index contributed by atoms with van der Waals surface area (Å²) in [5, 5.41) is 5.18. The number of thioether (sulfide) groups is 1. The van der Waals surface area contributed by atoms with Crippen LogP contribution >= 0.6 is 11.8 Å². The summed E-state index contributed by atoms with van der Waals surface area (Å²) in [4.78, 5) is 18.0. The van der Waals surface area contributed by atoms with Crippen molar-refractivity contribution in [2.75, 3.05) is 12.3 Å². The lowest BCUT2D eigenvalue weighted by Gasteiger charge is -2.13. The van der Waals surface area contributed by atoms with E-state index in [-0.39, 0.29) is 5.91 Å². The second kappa shape index (κ2) is 5.61. The van der Waals surface area contributed by atoms with Gasteiger partial charge < -0.3 is 0 Å². The minimum Gasteiger partial charge on any atom is -0.287 e. The lowest BCUT2D eigenvalue weighted by Crippen LogP contribution is -2.29. The van der Waals surface area contributed by atoms with Crippen LogP contribution in [0.4, 0.5) is 5.69 Å². The largest absolute Gasteiger partial charge is 0.287 e. The first kappa shape index (κ1) is 13.9. The second-order valence-corrected chi connectivity index (χ2v) is 5.25. The molecule has 0 spiro atoms. The van der Waals surface area contributed by atoms with Crippen molar-refractivity contribution in [1.82, 2.24) is 14.7 Å². The van der Waals surface area contributed by atoms with Gasteiger partial charge in [-0.3, -0.25) is 14.4 Å². The number of hydrogen-bond donors (Lipinski definition) is 0. The molecule has 2 heterocycles. The van der Waals surface area contributed by atoms with Gasteiger partial charge in [-0.1, -0.05) is 17.8 Å². The number of rotatable bonds is 4. The van der Waals surface area contributed by atoms with E-state index in [0.717, 1.165) is 28.8 Å². The zero-order chi connectivity index (χ0) is 14.0. The van der Waals surface area contributed by atoms with E-state index in [9.17, 15) is 4.79 Å².